The third-order valence-electron chi connectivity index (χ3n) is 2.11. The van der Waals surface area contributed by atoms with Gasteiger partial charge in [0.1, 0.15) is 5.88 Å². The lowest BCUT2D eigenvalue weighted by molar-refractivity contribution is -0.384. The number of nitro groups is 1. The minimum absolute atomic E-state index is 0.0367. The highest BCUT2D eigenvalue weighted by molar-refractivity contribution is 6.27. The number of halogens is 1. The molecule has 82 valence electrons. The van der Waals surface area contributed by atoms with Crippen molar-refractivity contribution >= 4 is 34.1 Å². The molecule has 0 aliphatic heterocycles. The van der Waals surface area contributed by atoms with Gasteiger partial charge in [0.15, 0.2) is 0 Å². The maximum Gasteiger partial charge on any atom is 0.270 e. The van der Waals surface area contributed by atoms with E-state index in [1.165, 1.54) is 24.4 Å². The van der Waals surface area contributed by atoms with E-state index >= 15 is 0 Å². The molecule has 0 radical (unpaired) electrons. The maximum atomic E-state index is 11.3. The Balaban J connectivity index is 2.59. The lowest BCUT2D eigenvalue weighted by Gasteiger charge is -1.97. The van der Waals surface area contributed by atoms with Gasteiger partial charge < -0.3 is 0 Å². The van der Waals surface area contributed by atoms with Crippen molar-refractivity contribution in [3.8, 4) is 0 Å². The quantitative estimate of drug-likeness (QED) is 0.455. The summed E-state index contributed by atoms with van der Waals surface area (Å²) < 4.78 is 1.13. The molecule has 0 unspecified atom stereocenters. The SMILES string of the molecule is O=C(CCl)n1ncc2cc([N+](=O)[O-])ccc21. The van der Waals surface area contributed by atoms with Crippen LogP contribution in [0.15, 0.2) is 24.4 Å². The molecule has 0 aliphatic carbocycles. The Hall–Kier alpha value is -1.95. The Bertz CT molecular complexity index is 578. The number of non-ortho nitro benzene ring substituents is 1. The van der Waals surface area contributed by atoms with Crippen LogP contribution in [0, 0.1) is 10.1 Å². The molecule has 6 nitrogen and oxygen atoms in total. The largest absolute Gasteiger partial charge is 0.271 e. The van der Waals surface area contributed by atoms with Gasteiger partial charge in [0.25, 0.3) is 11.6 Å². The van der Waals surface area contributed by atoms with Crippen molar-refractivity contribution in [3.63, 3.8) is 0 Å². The Morgan fingerprint density at radius 2 is 2.31 bits per heavy atom. The monoisotopic (exact) mass is 239 g/mol. The number of rotatable bonds is 2. The van der Waals surface area contributed by atoms with Gasteiger partial charge in [-0.3, -0.25) is 14.9 Å². The van der Waals surface area contributed by atoms with E-state index in [1.54, 1.807) is 0 Å². The van der Waals surface area contributed by atoms with Crippen LogP contribution in [0.25, 0.3) is 10.9 Å². The third kappa shape index (κ3) is 1.63. The second-order valence-electron chi connectivity index (χ2n) is 3.08. The van der Waals surface area contributed by atoms with Gasteiger partial charge in [-0.15, -0.1) is 11.6 Å². The van der Waals surface area contributed by atoms with Gasteiger partial charge >= 0.3 is 0 Å². The molecule has 0 saturated carbocycles. The number of alkyl halides is 1. The summed E-state index contributed by atoms with van der Waals surface area (Å²) in [4.78, 5) is 21.4. The van der Waals surface area contributed by atoms with Crippen LogP contribution in [0.4, 0.5) is 5.69 Å². The zero-order valence-corrected chi connectivity index (χ0v) is 8.72. The van der Waals surface area contributed by atoms with E-state index in [2.05, 4.69) is 5.10 Å². The first-order chi connectivity index (χ1) is 7.63. The highest BCUT2D eigenvalue weighted by Crippen LogP contribution is 2.20. The first-order valence-electron chi connectivity index (χ1n) is 4.35. The van der Waals surface area contributed by atoms with Crippen LogP contribution in [0.5, 0.6) is 0 Å². The van der Waals surface area contributed by atoms with E-state index in [0.29, 0.717) is 10.9 Å². The van der Waals surface area contributed by atoms with E-state index in [9.17, 15) is 14.9 Å². The summed E-state index contributed by atoms with van der Waals surface area (Å²) in [5.41, 5.74) is 0.474. The summed E-state index contributed by atoms with van der Waals surface area (Å²) in [5, 5.41) is 14.9. The lowest BCUT2D eigenvalue weighted by atomic mass is 10.2. The van der Waals surface area contributed by atoms with Gasteiger partial charge in [-0.1, -0.05) is 0 Å². The number of nitro benzene ring substituents is 1. The standard InChI is InChI=1S/C9H6ClN3O3/c10-4-9(14)12-8-2-1-7(13(15)16)3-6(8)5-11-12/h1-3,5H,4H2. The van der Waals surface area contributed by atoms with Crippen LogP contribution < -0.4 is 0 Å². The molecule has 0 saturated heterocycles. The molecule has 1 heterocycles. The van der Waals surface area contributed by atoms with E-state index < -0.39 is 4.92 Å². The minimum atomic E-state index is -0.500. The van der Waals surface area contributed by atoms with Gasteiger partial charge in [0, 0.05) is 17.5 Å². The molecule has 0 aliphatic rings. The average Bonchev–Trinajstić information content (AvgIpc) is 2.70. The van der Waals surface area contributed by atoms with Gasteiger partial charge in [0.2, 0.25) is 0 Å². The van der Waals surface area contributed by atoms with Crippen LogP contribution in [-0.4, -0.2) is 26.5 Å². The summed E-state index contributed by atoms with van der Waals surface area (Å²) in [6.07, 6.45) is 1.40. The highest BCUT2D eigenvalue weighted by atomic mass is 35.5. The average molecular weight is 240 g/mol. The third-order valence-corrected chi connectivity index (χ3v) is 2.34. The van der Waals surface area contributed by atoms with Crippen molar-refractivity contribution in [2.24, 2.45) is 0 Å². The number of carbonyl (C=O) groups is 1. The molecular weight excluding hydrogens is 234 g/mol. The van der Waals surface area contributed by atoms with E-state index in [4.69, 9.17) is 11.6 Å². The fourth-order valence-electron chi connectivity index (χ4n) is 1.39. The first-order valence-corrected chi connectivity index (χ1v) is 4.88. The van der Waals surface area contributed by atoms with Crippen molar-refractivity contribution in [3.05, 3.63) is 34.5 Å². The second kappa shape index (κ2) is 3.90. The summed E-state index contributed by atoms with van der Waals surface area (Å²) in [5.74, 6) is -0.557. The number of nitrogens with zero attached hydrogens (tertiary/aromatic N) is 3. The van der Waals surface area contributed by atoms with Crippen molar-refractivity contribution in [2.45, 2.75) is 0 Å². The molecule has 0 fully saturated rings. The normalized spacial score (nSPS) is 10.6. The Kier molecular flexibility index (Phi) is 2.57. The molecule has 1 aromatic heterocycles. The second-order valence-corrected chi connectivity index (χ2v) is 3.35. The van der Waals surface area contributed by atoms with Crippen molar-refractivity contribution in [2.75, 3.05) is 5.88 Å². The molecule has 1 aromatic carbocycles. The van der Waals surface area contributed by atoms with Gasteiger partial charge in [-0.25, -0.2) is 0 Å². The molecular formula is C9H6ClN3O3. The zero-order chi connectivity index (χ0) is 11.7. The summed E-state index contributed by atoms with van der Waals surface area (Å²) in [6, 6.07) is 4.16. The van der Waals surface area contributed by atoms with Gasteiger partial charge in [-0.2, -0.15) is 9.78 Å². The fraction of sp³-hybridized carbons (Fsp3) is 0.111. The lowest BCUT2D eigenvalue weighted by Crippen LogP contribution is -2.12. The maximum absolute atomic E-state index is 11.3. The Morgan fingerprint density at radius 1 is 1.56 bits per heavy atom. The highest BCUT2D eigenvalue weighted by Gasteiger charge is 2.12. The van der Waals surface area contributed by atoms with Gasteiger partial charge in [0.05, 0.1) is 16.6 Å². The zero-order valence-electron chi connectivity index (χ0n) is 7.96. The number of aromatic nitrogens is 2. The minimum Gasteiger partial charge on any atom is -0.271 e. The number of hydrogen-bond acceptors (Lipinski definition) is 4. The van der Waals surface area contributed by atoms with Crippen molar-refractivity contribution < 1.29 is 9.72 Å². The Morgan fingerprint density at radius 3 is 2.94 bits per heavy atom. The first kappa shape index (κ1) is 10.6. The predicted octanol–water partition coefficient (Wildman–Crippen LogP) is 1.82. The van der Waals surface area contributed by atoms with E-state index in [-0.39, 0.29) is 17.5 Å². The fourth-order valence-corrected chi connectivity index (χ4v) is 1.50. The summed E-state index contributed by atoms with van der Waals surface area (Å²) >= 11 is 5.41. The van der Waals surface area contributed by atoms with Crippen LogP contribution in [-0.2, 0) is 0 Å². The Labute approximate surface area is 94.6 Å². The molecule has 16 heavy (non-hydrogen) atoms. The van der Waals surface area contributed by atoms with E-state index in [1.807, 2.05) is 0 Å². The molecule has 2 rings (SSSR count). The van der Waals surface area contributed by atoms with Crippen LogP contribution >= 0.6 is 11.6 Å². The van der Waals surface area contributed by atoms with Crippen LogP contribution in [0.1, 0.15) is 4.79 Å². The van der Waals surface area contributed by atoms with E-state index in [0.717, 1.165) is 4.68 Å². The molecule has 0 amide bonds. The van der Waals surface area contributed by atoms with Crippen LogP contribution in [0.2, 0.25) is 0 Å². The smallest absolute Gasteiger partial charge is 0.270 e. The molecule has 7 heteroatoms. The van der Waals surface area contributed by atoms with Crippen molar-refractivity contribution in [1.29, 1.82) is 0 Å². The molecule has 2 aromatic rings. The number of hydrogen-bond donors (Lipinski definition) is 0. The van der Waals surface area contributed by atoms with Crippen molar-refractivity contribution in [1.82, 2.24) is 9.78 Å². The number of benzene rings is 1. The molecule has 0 bridgehead atoms. The molecule has 0 atom stereocenters. The summed E-state index contributed by atoms with van der Waals surface area (Å²) in [6.45, 7) is 0. The van der Waals surface area contributed by atoms with Crippen LogP contribution in [0.3, 0.4) is 0 Å². The number of carbonyl (C=O) groups excluding carboxylic acids is 1. The molecule has 0 spiro atoms. The predicted molar refractivity (Wildman–Crippen MR) is 57.7 cm³/mol. The van der Waals surface area contributed by atoms with Gasteiger partial charge in [-0.05, 0) is 6.07 Å². The molecule has 0 N–H and O–H groups in total. The number of fused-ring (bicyclic) bond motifs is 1. The summed E-state index contributed by atoms with van der Waals surface area (Å²) in [7, 11) is 0. The topological polar surface area (TPSA) is 78.0 Å².